The van der Waals surface area contributed by atoms with Crippen molar-refractivity contribution in [3.8, 4) is 0 Å². The van der Waals surface area contributed by atoms with Crippen molar-refractivity contribution < 1.29 is 13.2 Å². The van der Waals surface area contributed by atoms with E-state index in [0.717, 1.165) is 18.3 Å². The Bertz CT molecular complexity index is 410. The van der Waals surface area contributed by atoms with Crippen molar-refractivity contribution in [2.24, 2.45) is 5.10 Å². The highest BCUT2D eigenvalue weighted by molar-refractivity contribution is 6.14. The van der Waals surface area contributed by atoms with E-state index in [1.54, 1.807) is 6.92 Å². The van der Waals surface area contributed by atoms with Crippen molar-refractivity contribution in [1.29, 1.82) is 5.41 Å². The first-order valence-corrected chi connectivity index (χ1v) is 4.41. The van der Waals surface area contributed by atoms with Crippen LogP contribution < -0.4 is 5.43 Å². The highest BCUT2D eigenvalue weighted by atomic mass is 19.4. The number of anilines is 1. The third-order valence-corrected chi connectivity index (χ3v) is 1.89. The van der Waals surface area contributed by atoms with Gasteiger partial charge in [0.2, 0.25) is 0 Å². The van der Waals surface area contributed by atoms with Crippen molar-refractivity contribution in [2.75, 3.05) is 5.43 Å². The molecule has 0 bridgehead atoms. The Hall–Kier alpha value is -1.85. The molecule has 0 aromatic heterocycles. The Labute approximate surface area is 90.5 Å². The lowest BCUT2D eigenvalue weighted by molar-refractivity contribution is -0.137. The maximum Gasteiger partial charge on any atom is 0.416 e. The van der Waals surface area contributed by atoms with Crippen LogP contribution in [0.4, 0.5) is 18.9 Å². The van der Waals surface area contributed by atoms with Gasteiger partial charge >= 0.3 is 6.18 Å². The predicted molar refractivity (Wildman–Crippen MR) is 57.1 cm³/mol. The van der Waals surface area contributed by atoms with Crippen LogP contribution >= 0.6 is 0 Å². The van der Waals surface area contributed by atoms with Crippen LogP contribution in [0.5, 0.6) is 0 Å². The SMILES string of the molecule is Cc1cc(C(F)(F)F)ccc1N/N=C\C=N. The summed E-state index contributed by atoms with van der Waals surface area (Å²) in [6.07, 6.45) is -2.18. The Morgan fingerprint density at radius 2 is 2.06 bits per heavy atom. The van der Waals surface area contributed by atoms with E-state index in [1.807, 2.05) is 0 Å². The Morgan fingerprint density at radius 3 is 2.56 bits per heavy atom. The normalized spacial score (nSPS) is 11.8. The second-order valence-electron chi connectivity index (χ2n) is 3.08. The van der Waals surface area contributed by atoms with Crippen molar-refractivity contribution in [3.63, 3.8) is 0 Å². The summed E-state index contributed by atoms with van der Waals surface area (Å²) in [5.74, 6) is 0. The quantitative estimate of drug-likeness (QED) is 0.607. The van der Waals surface area contributed by atoms with Gasteiger partial charge in [-0.2, -0.15) is 18.3 Å². The molecule has 1 aromatic carbocycles. The number of nitrogens with zero attached hydrogens (tertiary/aromatic N) is 1. The van der Waals surface area contributed by atoms with Crippen molar-refractivity contribution in [2.45, 2.75) is 13.1 Å². The van der Waals surface area contributed by atoms with Gasteiger partial charge in [0.15, 0.2) is 0 Å². The fraction of sp³-hybridized carbons (Fsp3) is 0.200. The molecule has 0 aliphatic heterocycles. The van der Waals surface area contributed by atoms with Gasteiger partial charge in [-0.15, -0.1) is 0 Å². The summed E-state index contributed by atoms with van der Waals surface area (Å²) in [4.78, 5) is 0. The Balaban J connectivity index is 2.92. The summed E-state index contributed by atoms with van der Waals surface area (Å²) in [5, 5.41) is 10.3. The molecule has 0 aliphatic rings. The molecule has 16 heavy (non-hydrogen) atoms. The third-order valence-electron chi connectivity index (χ3n) is 1.89. The number of hydrazone groups is 1. The van der Waals surface area contributed by atoms with E-state index >= 15 is 0 Å². The summed E-state index contributed by atoms with van der Waals surface area (Å²) in [5.41, 5.74) is 2.77. The first kappa shape index (κ1) is 12.2. The Kier molecular flexibility index (Phi) is 3.65. The zero-order chi connectivity index (χ0) is 12.2. The topological polar surface area (TPSA) is 48.2 Å². The summed E-state index contributed by atoms with van der Waals surface area (Å²) in [7, 11) is 0. The average Bonchev–Trinajstić information content (AvgIpc) is 2.19. The zero-order valence-corrected chi connectivity index (χ0v) is 8.47. The summed E-state index contributed by atoms with van der Waals surface area (Å²) in [6.45, 7) is 1.55. The fourth-order valence-corrected chi connectivity index (χ4v) is 1.11. The molecule has 0 atom stereocenters. The molecule has 0 radical (unpaired) electrons. The van der Waals surface area contributed by atoms with E-state index in [9.17, 15) is 13.2 Å². The molecule has 3 nitrogen and oxygen atoms in total. The van der Waals surface area contributed by atoms with Gasteiger partial charge < -0.3 is 5.41 Å². The van der Waals surface area contributed by atoms with Gasteiger partial charge in [0.05, 0.1) is 17.5 Å². The number of rotatable bonds is 3. The summed E-state index contributed by atoms with van der Waals surface area (Å²) < 4.78 is 37.0. The molecule has 0 aliphatic carbocycles. The average molecular weight is 229 g/mol. The Morgan fingerprint density at radius 1 is 1.38 bits per heavy atom. The van der Waals surface area contributed by atoms with E-state index < -0.39 is 11.7 Å². The number of alkyl halides is 3. The molecular weight excluding hydrogens is 219 g/mol. The smallest absolute Gasteiger partial charge is 0.307 e. The monoisotopic (exact) mass is 229 g/mol. The van der Waals surface area contributed by atoms with Gasteiger partial charge in [-0.05, 0) is 30.7 Å². The second kappa shape index (κ2) is 4.78. The van der Waals surface area contributed by atoms with E-state index in [4.69, 9.17) is 5.41 Å². The molecule has 6 heteroatoms. The van der Waals surface area contributed by atoms with Gasteiger partial charge in [0.1, 0.15) is 0 Å². The molecule has 1 rings (SSSR count). The number of halogens is 3. The molecule has 0 amide bonds. The lowest BCUT2D eigenvalue weighted by Crippen LogP contribution is -2.05. The lowest BCUT2D eigenvalue weighted by Gasteiger charge is -2.10. The maximum absolute atomic E-state index is 12.3. The molecule has 0 fully saturated rings. The van der Waals surface area contributed by atoms with E-state index in [1.165, 1.54) is 12.3 Å². The zero-order valence-electron chi connectivity index (χ0n) is 8.47. The van der Waals surface area contributed by atoms with Crippen LogP contribution in [0, 0.1) is 12.3 Å². The second-order valence-corrected chi connectivity index (χ2v) is 3.08. The molecular formula is C10H10F3N3. The molecule has 0 saturated carbocycles. The van der Waals surface area contributed by atoms with Crippen LogP contribution in [0.1, 0.15) is 11.1 Å². The number of nitrogens with one attached hydrogen (secondary N) is 2. The van der Waals surface area contributed by atoms with Crippen LogP contribution in [0.2, 0.25) is 0 Å². The minimum Gasteiger partial charge on any atom is -0.307 e. The fourth-order valence-electron chi connectivity index (χ4n) is 1.11. The van der Waals surface area contributed by atoms with Crippen LogP contribution in [0.3, 0.4) is 0 Å². The van der Waals surface area contributed by atoms with Gasteiger partial charge in [0.25, 0.3) is 0 Å². The standard InChI is InChI=1S/C10H10F3N3/c1-7-6-8(10(11,12)13)2-3-9(7)16-15-5-4-14/h2-6,14,16H,1H3/b14-4?,15-5-. The predicted octanol–water partition coefficient (Wildman–Crippen LogP) is 3.06. The molecule has 2 N–H and O–H groups in total. The summed E-state index contributed by atoms with van der Waals surface area (Å²) in [6, 6.07) is 3.33. The summed E-state index contributed by atoms with van der Waals surface area (Å²) >= 11 is 0. The maximum atomic E-state index is 12.3. The van der Waals surface area contributed by atoms with E-state index in [2.05, 4.69) is 10.5 Å². The lowest BCUT2D eigenvalue weighted by atomic mass is 10.1. The number of aryl methyl sites for hydroxylation is 1. The molecule has 0 heterocycles. The van der Waals surface area contributed by atoms with Crippen molar-refractivity contribution in [1.82, 2.24) is 0 Å². The molecule has 86 valence electrons. The van der Waals surface area contributed by atoms with Crippen LogP contribution in [0.15, 0.2) is 23.3 Å². The number of hydrogen-bond acceptors (Lipinski definition) is 3. The van der Waals surface area contributed by atoms with Gasteiger partial charge in [-0.25, -0.2) is 0 Å². The van der Waals surface area contributed by atoms with E-state index in [-0.39, 0.29) is 0 Å². The van der Waals surface area contributed by atoms with Gasteiger partial charge in [-0.3, -0.25) is 5.43 Å². The van der Waals surface area contributed by atoms with Gasteiger partial charge in [-0.1, -0.05) is 0 Å². The first-order valence-electron chi connectivity index (χ1n) is 4.41. The number of benzene rings is 1. The minimum atomic E-state index is -4.33. The van der Waals surface area contributed by atoms with Crippen LogP contribution in [0.25, 0.3) is 0 Å². The molecule has 0 unspecified atom stereocenters. The largest absolute Gasteiger partial charge is 0.416 e. The highest BCUT2D eigenvalue weighted by Gasteiger charge is 2.30. The van der Waals surface area contributed by atoms with Crippen LogP contribution in [-0.2, 0) is 6.18 Å². The van der Waals surface area contributed by atoms with E-state index in [0.29, 0.717) is 11.3 Å². The first-order chi connectivity index (χ1) is 7.45. The third kappa shape index (κ3) is 3.08. The number of hydrogen-bond donors (Lipinski definition) is 2. The molecule has 0 spiro atoms. The van der Waals surface area contributed by atoms with Gasteiger partial charge in [0, 0.05) is 6.21 Å². The molecule has 0 saturated heterocycles. The van der Waals surface area contributed by atoms with Crippen molar-refractivity contribution in [3.05, 3.63) is 29.3 Å². The molecule has 1 aromatic rings. The minimum absolute atomic E-state index is 0.442. The van der Waals surface area contributed by atoms with Crippen molar-refractivity contribution >= 4 is 18.1 Å². The highest BCUT2D eigenvalue weighted by Crippen LogP contribution is 2.31. The van der Waals surface area contributed by atoms with Crippen LogP contribution in [-0.4, -0.2) is 12.4 Å².